The van der Waals surface area contributed by atoms with Crippen molar-refractivity contribution in [3.05, 3.63) is 34.1 Å². The molecule has 0 aromatic heterocycles. The van der Waals surface area contributed by atoms with Gasteiger partial charge in [0.2, 0.25) is 5.91 Å². The Hall–Kier alpha value is -1.69. The summed E-state index contributed by atoms with van der Waals surface area (Å²) in [6.45, 7) is 0. The number of carbonyl (C=O) groups excluding carboxylic acids is 1. The van der Waals surface area contributed by atoms with Gasteiger partial charge in [-0.1, -0.05) is 0 Å². The van der Waals surface area contributed by atoms with Gasteiger partial charge in [0, 0.05) is 18.4 Å². The fourth-order valence-corrected chi connectivity index (χ4v) is 1.54. The molecule has 0 aliphatic carbocycles. The number of amides is 1. The zero-order valence-corrected chi connectivity index (χ0v) is 10.2. The molecule has 1 rings (SSSR count). The van der Waals surface area contributed by atoms with E-state index in [0.29, 0.717) is 18.7 Å². The number of unbranched alkanes of at least 4 members (excludes halogenated alkanes) is 1. The number of non-ortho nitro benzene ring substituents is 1. The maximum Gasteiger partial charge on any atom is 0.274 e. The van der Waals surface area contributed by atoms with E-state index < -0.39 is 16.4 Å². The van der Waals surface area contributed by atoms with Crippen LogP contribution in [0, 0.1) is 15.9 Å². The molecule has 0 heterocycles. The molecule has 0 unspecified atom stereocenters. The molecule has 7 heteroatoms. The molecular weight excluding hydrogens is 263 g/mol. The van der Waals surface area contributed by atoms with Crippen molar-refractivity contribution >= 4 is 28.9 Å². The van der Waals surface area contributed by atoms with E-state index in [-0.39, 0.29) is 18.0 Å². The van der Waals surface area contributed by atoms with Gasteiger partial charge in [0.1, 0.15) is 5.82 Å². The lowest BCUT2D eigenvalue weighted by atomic mass is 10.2. The normalized spacial score (nSPS) is 10.1. The Kier molecular flexibility index (Phi) is 5.51. The smallest absolute Gasteiger partial charge is 0.274 e. The van der Waals surface area contributed by atoms with Gasteiger partial charge in [0.15, 0.2) is 0 Å². The average molecular weight is 275 g/mol. The van der Waals surface area contributed by atoms with Crippen molar-refractivity contribution < 1.29 is 14.1 Å². The van der Waals surface area contributed by atoms with E-state index in [2.05, 4.69) is 5.32 Å². The summed E-state index contributed by atoms with van der Waals surface area (Å²) >= 11 is 5.47. The number of nitro groups is 1. The number of benzene rings is 1. The van der Waals surface area contributed by atoms with Crippen LogP contribution in [0.2, 0.25) is 0 Å². The Balaban J connectivity index is 2.66. The van der Waals surface area contributed by atoms with E-state index in [9.17, 15) is 19.3 Å². The third kappa shape index (κ3) is 4.67. The van der Waals surface area contributed by atoms with Crippen LogP contribution in [-0.2, 0) is 4.79 Å². The van der Waals surface area contributed by atoms with E-state index in [0.717, 1.165) is 18.2 Å². The van der Waals surface area contributed by atoms with Gasteiger partial charge in [-0.25, -0.2) is 4.39 Å². The van der Waals surface area contributed by atoms with E-state index in [1.165, 1.54) is 0 Å². The largest absolute Gasteiger partial charge is 0.326 e. The fourth-order valence-electron chi connectivity index (χ4n) is 1.36. The Labute approximate surface area is 108 Å². The molecule has 18 heavy (non-hydrogen) atoms. The number of anilines is 1. The number of alkyl halides is 1. The van der Waals surface area contributed by atoms with Crippen LogP contribution in [0.3, 0.4) is 0 Å². The number of nitro benzene ring substituents is 1. The molecule has 0 aliphatic heterocycles. The molecule has 0 fully saturated rings. The summed E-state index contributed by atoms with van der Waals surface area (Å²) < 4.78 is 13.1. The van der Waals surface area contributed by atoms with Gasteiger partial charge in [0.25, 0.3) is 5.69 Å². The Morgan fingerprint density at radius 2 is 2.11 bits per heavy atom. The first-order chi connectivity index (χ1) is 8.52. The molecule has 0 saturated heterocycles. The second-order valence-electron chi connectivity index (χ2n) is 3.65. The molecule has 0 saturated carbocycles. The quantitative estimate of drug-likeness (QED) is 0.375. The number of nitrogens with zero attached hydrogens (tertiary/aromatic N) is 1. The summed E-state index contributed by atoms with van der Waals surface area (Å²) in [4.78, 5) is 21.2. The lowest BCUT2D eigenvalue weighted by molar-refractivity contribution is -0.385. The highest BCUT2D eigenvalue weighted by molar-refractivity contribution is 6.17. The first-order valence-electron chi connectivity index (χ1n) is 5.33. The monoisotopic (exact) mass is 274 g/mol. The molecule has 1 N–H and O–H groups in total. The highest BCUT2D eigenvalue weighted by Gasteiger charge is 2.11. The number of nitrogens with one attached hydrogen (secondary N) is 1. The van der Waals surface area contributed by atoms with E-state index in [4.69, 9.17) is 11.6 Å². The first-order valence-corrected chi connectivity index (χ1v) is 5.87. The van der Waals surface area contributed by atoms with Crippen molar-refractivity contribution in [2.24, 2.45) is 0 Å². The summed E-state index contributed by atoms with van der Waals surface area (Å²) in [5.41, 5.74) is -0.316. The molecular formula is C11H12ClFN2O3. The van der Waals surface area contributed by atoms with Crippen LogP contribution >= 0.6 is 11.6 Å². The molecule has 0 bridgehead atoms. The van der Waals surface area contributed by atoms with Crippen molar-refractivity contribution in [2.75, 3.05) is 11.2 Å². The minimum absolute atomic E-state index is 0.0811. The van der Waals surface area contributed by atoms with Crippen LogP contribution in [0.5, 0.6) is 0 Å². The van der Waals surface area contributed by atoms with Gasteiger partial charge < -0.3 is 5.32 Å². The third-order valence-corrected chi connectivity index (χ3v) is 2.43. The average Bonchev–Trinajstić information content (AvgIpc) is 2.28. The first kappa shape index (κ1) is 14.4. The second-order valence-corrected chi connectivity index (χ2v) is 4.03. The van der Waals surface area contributed by atoms with Crippen LogP contribution < -0.4 is 5.32 Å². The molecule has 0 radical (unpaired) electrons. The standard InChI is InChI=1S/C11H12ClFN2O3/c12-4-2-1-3-11(16)14-9-5-8(13)6-10(7-9)15(17)18/h5-7H,1-4H2,(H,14,16). The molecule has 0 aliphatic rings. The van der Waals surface area contributed by atoms with Crippen LogP contribution in [0.1, 0.15) is 19.3 Å². The molecule has 0 atom stereocenters. The van der Waals surface area contributed by atoms with Crippen molar-refractivity contribution in [1.29, 1.82) is 0 Å². The topological polar surface area (TPSA) is 72.2 Å². The van der Waals surface area contributed by atoms with Crippen LogP contribution in [-0.4, -0.2) is 16.7 Å². The maximum atomic E-state index is 13.1. The number of hydrogen-bond acceptors (Lipinski definition) is 3. The Bertz CT molecular complexity index is 454. The van der Waals surface area contributed by atoms with Crippen LogP contribution in [0.15, 0.2) is 18.2 Å². The van der Waals surface area contributed by atoms with Crippen molar-refractivity contribution in [1.82, 2.24) is 0 Å². The highest BCUT2D eigenvalue weighted by Crippen LogP contribution is 2.20. The van der Waals surface area contributed by atoms with Gasteiger partial charge in [0.05, 0.1) is 16.7 Å². The summed E-state index contributed by atoms with van der Waals surface area (Å²) in [7, 11) is 0. The van der Waals surface area contributed by atoms with E-state index in [1.807, 2.05) is 0 Å². The fraction of sp³-hybridized carbons (Fsp3) is 0.364. The van der Waals surface area contributed by atoms with E-state index >= 15 is 0 Å². The predicted octanol–water partition coefficient (Wildman–Crippen LogP) is 3.08. The molecule has 1 amide bonds. The summed E-state index contributed by atoms with van der Waals surface area (Å²) in [5.74, 6) is -0.612. The van der Waals surface area contributed by atoms with Crippen LogP contribution in [0.4, 0.5) is 15.8 Å². The van der Waals surface area contributed by atoms with Gasteiger partial charge in [-0.2, -0.15) is 0 Å². The van der Waals surface area contributed by atoms with Gasteiger partial charge in [-0.05, 0) is 18.9 Å². The van der Waals surface area contributed by atoms with E-state index in [1.54, 1.807) is 0 Å². The zero-order valence-electron chi connectivity index (χ0n) is 9.49. The van der Waals surface area contributed by atoms with Crippen molar-refractivity contribution in [3.8, 4) is 0 Å². The third-order valence-electron chi connectivity index (χ3n) is 2.16. The molecule has 5 nitrogen and oxygen atoms in total. The minimum atomic E-state index is -0.764. The summed E-state index contributed by atoms with van der Waals surface area (Å²) in [6.07, 6.45) is 1.57. The maximum absolute atomic E-state index is 13.1. The molecule has 98 valence electrons. The zero-order chi connectivity index (χ0) is 13.5. The lowest BCUT2D eigenvalue weighted by Gasteiger charge is -2.05. The molecule has 1 aromatic carbocycles. The van der Waals surface area contributed by atoms with Crippen molar-refractivity contribution in [2.45, 2.75) is 19.3 Å². The number of hydrogen-bond donors (Lipinski definition) is 1. The Morgan fingerprint density at radius 3 is 2.72 bits per heavy atom. The van der Waals surface area contributed by atoms with Gasteiger partial charge >= 0.3 is 0 Å². The number of carbonyl (C=O) groups is 1. The number of rotatable bonds is 6. The Morgan fingerprint density at radius 1 is 1.39 bits per heavy atom. The molecule has 1 aromatic rings. The lowest BCUT2D eigenvalue weighted by Crippen LogP contribution is -2.11. The predicted molar refractivity (Wildman–Crippen MR) is 66.3 cm³/mol. The van der Waals surface area contributed by atoms with Crippen molar-refractivity contribution in [3.63, 3.8) is 0 Å². The molecule has 0 spiro atoms. The minimum Gasteiger partial charge on any atom is -0.326 e. The second kappa shape index (κ2) is 6.90. The van der Waals surface area contributed by atoms with Crippen LogP contribution in [0.25, 0.3) is 0 Å². The SMILES string of the molecule is O=C(CCCCCl)Nc1cc(F)cc([N+](=O)[O-])c1. The van der Waals surface area contributed by atoms with Gasteiger partial charge in [-0.3, -0.25) is 14.9 Å². The summed E-state index contributed by atoms with van der Waals surface area (Å²) in [6, 6.07) is 2.94. The summed E-state index contributed by atoms with van der Waals surface area (Å²) in [5, 5.41) is 12.9. The highest BCUT2D eigenvalue weighted by atomic mass is 35.5. The van der Waals surface area contributed by atoms with Gasteiger partial charge in [-0.15, -0.1) is 11.6 Å². The number of halogens is 2.